The average molecular weight is 1070 g/mol. The van der Waals surface area contributed by atoms with Crippen molar-refractivity contribution in [2.24, 2.45) is 0 Å². The molecule has 0 spiro atoms. The number of ether oxygens (including phenoxy) is 3. The lowest BCUT2D eigenvalue weighted by Gasteiger charge is -2.18. The molecule has 442 valence electrons. The first-order chi connectivity index (χ1) is 38.0. The lowest BCUT2D eigenvalue weighted by Crippen LogP contribution is -2.30. The topological polar surface area (TPSA) is 78.9 Å². The predicted molar refractivity (Wildman–Crippen MR) is 334 cm³/mol. The molecule has 6 nitrogen and oxygen atoms in total. The number of esters is 3. The van der Waals surface area contributed by atoms with E-state index in [1.807, 2.05) is 0 Å². The van der Waals surface area contributed by atoms with Gasteiger partial charge in [0.15, 0.2) is 6.10 Å². The minimum Gasteiger partial charge on any atom is -0.462 e. The fourth-order valence-corrected chi connectivity index (χ4v) is 9.25. The Balaban J connectivity index is 4.10. The van der Waals surface area contributed by atoms with Crippen LogP contribution in [0.4, 0.5) is 0 Å². The van der Waals surface area contributed by atoms with Crippen molar-refractivity contribution >= 4 is 17.9 Å². The summed E-state index contributed by atoms with van der Waals surface area (Å²) in [6.07, 6.45) is 87.3. The van der Waals surface area contributed by atoms with Crippen LogP contribution in [0, 0.1) is 0 Å². The van der Waals surface area contributed by atoms with Gasteiger partial charge in [0.25, 0.3) is 0 Å². The molecule has 0 rings (SSSR count). The van der Waals surface area contributed by atoms with Crippen LogP contribution < -0.4 is 0 Å². The maximum absolute atomic E-state index is 12.9. The normalized spacial score (nSPS) is 12.7. The second-order valence-electron chi connectivity index (χ2n) is 21.6. The van der Waals surface area contributed by atoms with Gasteiger partial charge in [0, 0.05) is 19.3 Å². The Morgan fingerprint density at radius 3 is 0.792 bits per heavy atom. The minimum atomic E-state index is -0.776. The van der Waals surface area contributed by atoms with Crippen molar-refractivity contribution in [1.82, 2.24) is 0 Å². The van der Waals surface area contributed by atoms with Crippen LogP contribution in [0.1, 0.15) is 316 Å². The van der Waals surface area contributed by atoms with Gasteiger partial charge in [0.05, 0.1) is 0 Å². The van der Waals surface area contributed by atoms with E-state index in [4.69, 9.17) is 14.2 Å². The molecular weight excluding hydrogens is 949 g/mol. The summed E-state index contributed by atoms with van der Waals surface area (Å²) in [6, 6.07) is 0. The van der Waals surface area contributed by atoms with Crippen LogP contribution in [-0.4, -0.2) is 37.2 Å². The zero-order valence-corrected chi connectivity index (χ0v) is 50.7. The summed E-state index contributed by atoms with van der Waals surface area (Å²) in [4.78, 5) is 38.1. The molecule has 0 aliphatic carbocycles. The van der Waals surface area contributed by atoms with E-state index in [1.54, 1.807) is 0 Å². The molecule has 0 saturated heterocycles. The van der Waals surface area contributed by atoms with E-state index < -0.39 is 6.10 Å². The van der Waals surface area contributed by atoms with Gasteiger partial charge in [-0.15, -0.1) is 0 Å². The molecule has 0 radical (unpaired) electrons. The summed E-state index contributed by atoms with van der Waals surface area (Å²) in [5, 5.41) is 0. The molecule has 0 aliphatic rings. The average Bonchev–Trinajstić information content (AvgIpc) is 3.43. The quantitative estimate of drug-likeness (QED) is 0.0261. The van der Waals surface area contributed by atoms with E-state index >= 15 is 0 Å². The van der Waals surface area contributed by atoms with Crippen molar-refractivity contribution in [2.75, 3.05) is 13.2 Å². The third-order valence-electron chi connectivity index (χ3n) is 14.1. The summed E-state index contributed by atoms with van der Waals surface area (Å²) in [6.45, 7) is 6.40. The van der Waals surface area contributed by atoms with Gasteiger partial charge in [0.2, 0.25) is 0 Å². The lowest BCUT2D eigenvalue weighted by atomic mass is 10.0. The Labute approximate surface area is 477 Å². The van der Waals surface area contributed by atoms with E-state index in [2.05, 4.69) is 118 Å². The zero-order valence-electron chi connectivity index (χ0n) is 50.7. The Bertz CT molecular complexity index is 1510. The van der Waals surface area contributed by atoms with E-state index in [0.717, 1.165) is 109 Å². The molecule has 0 heterocycles. The molecule has 77 heavy (non-hydrogen) atoms. The summed E-state index contributed by atoms with van der Waals surface area (Å²) in [7, 11) is 0. The summed E-state index contributed by atoms with van der Waals surface area (Å²) in [5.41, 5.74) is 0. The van der Waals surface area contributed by atoms with Crippen molar-refractivity contribution in [3.8, 4) is 0 Å². The van der Waals surface area contributed by atoms with Gasteiger partial charge in [-0.05, 0) is 96.3 Å². The SMILES string of the molecule is CC/C=C\C/C=C\C/C=C\C/C=C\CCCCCCCCCCCCCCCCC(=O)OCC(COC(=O)CCCCCCCCC)OC(=O)CCCCCCCCCCCCCC/C=C\C/C=C\C/C=C\C/C=C\CC. The monoisotopic (exact) mass is 1070 g/mol. The molecule has 1 unspecified atom stereocenters. The Morgan fingerprint density at radius 1 is 0.273 bits per heavy atom. The second kappa shape index (κ2) is 64.9. The Kier molecular flexibility index (Phi) is 61.8. The number of unbranched alkanes of at least 4 members (excludes halogenated alkanes) is 32. The van der Waals surface area contributed by atoms with Crippen molar-refractivity contribution in [3.05, 3.63) is 97.2 Å². The predicted octanol–water partition coefficient (Wildman–Crippen LogP) is 22.4. The third kappa shape index (κ3) is 63.0. The maximum atomic E-state index is 12.9. The molecule has 0 aromatic rings. The van der Waals surface area contributed by atoms with Crippen LogP contribution in [0.3, 0.4) is 0 Å². The van der Waals surface area contributed by atoms with Gasteiger partial charge in [-0.2, -0.15) is 0 Å². The van der Waals surface area contributed by atoms with E-state index in [-0.39, 0.29) is 31.1 Å². The summed E-state index contributed by atoms with van der Waals surface area (Å²) >= 11 is 0. The second-order valence-corrected chi connectivity index (χ2v) is 21.6. The molecule has 0 N–H and O–H groups in total. The highest BCUT2D eigenvalue weighted by Crippen LogP contribution is 2.17. The summed E-state index contributed by atoms with van der Waals surface area (Å²) < 4.78 is 16.9. The van der Waals surface area contributed by atoms with Gasteiger partial charge in [-0.25, -0.2) is 0 Å². The molecule has 0 aromatic carbocycles. The first-order valence-corrected chi connectivity index (χ1v) is 32.7. The molecule has 6 heteroatoms. The van der Waals surface area contributed by atoms with Crippen molar-refractivity contribution < 1.29 is 28.6 Å². The van der Waals surface area contributed by atoms with E-state index in [9.17, 15) is 14.4 Å². The number of hydrogen-bond acceptors (Lipinski definition) is 6. The first kappa shape index (κ1) is 73.3. The van der Waals surface area contributed by atoms with Gasteiger partial charge in [-0.3, -0.25) is 14.4 Å². The largest absolute Gasteiger partial charge is 0.462 e. The third-order valence-corrected chi connectivity index (χ3v) is 14.1. The van der Waals surface area contributed by atoms with Crippen molar-refractivity contribution in [1.29, 1.82) is 0 Å². The highest BCUT2D eigenvalue weighted by Gasteiger charge is 2.19. The van der Waals surface area contributed by atoms with Crippen LogP contribution in [-0.2, 0) is 28.6 Å². The molecule has 0 bridgehead atoms. The van der Waals surface area contributed by atoms with Crippen molar-refractivity contribution in [3.63, 3.8) is 0 Å². The smallest absolute Gasteiger partial charge is 0.306 e. The standard InChI is InChI=1S/C71H122O6/c1-4-7-10-13-16-18-20-22-24-26-28-30-32-34-35-37-38-40-42-44-46-48-50-52-55-58-61-64-70(73)76-67-68(66-75-69(72)63-60-57-54-15-12-9-6-3)77-71(74)65-62-59-56-53-51-49-47-45-43-41-39-36-33-31-29-27-25-23-21-19-17-14-11-8-5-2/h7-8,10-11,16-19,22-25,28-31,68H,4-6,9,12-15,20-21,26-27,32-67H2,1-3H3/b10-7-,11-8-,18-16-,19-17-,24-22-,25-23-,30-28-,31-29-. The first-order valence-electron chi connectivity index (χ1n) is 32.7. The molecule has 0 amide bonds. The number of carbonyl (C=O) groups excluding carboxylic acids is 3. The van der Waals surface area contributed by atoms with Crippen LogP contribution in [0.5, 0.6) is 0 Å². The van der Waals surface area contributed by atoms with Gasteiger partial charge in [0.1, 0.15) is 13.2 Å². The number of rotatable bonds is 59. The maximum Gasteiger partial charge on any atom is 0.306 e. The highest BCUT2D eigenvalue weighted by molar-refractivity contribution is 5.71. The Hall–Kier alpha value is -3.67. The van der Waals surface area contributed by atoms with E-state index in [1.165, 1.54) is 167 Å². The van der Waals surface area contributed by atoms with Crippen LogP contribution in [0.15, 0.2) is 97.2 Å². The Morgan fingerprint density at radius 2 is 0.506 bits per heavy atom. The lowest BCUT2D eigenvalue weighted by molar-refractivity contribution is -0.167. The molecule has 0 aliphatic heterocycles. The number of carbonyl (C=O) groups is 3. The number of allylic oxidation sites excluding steroid dienone is 16. The number of hydrogen-bond donors (Lipinski definition) is 0. The van der Waals surface area contributed by atoms with Gasteiger partial charge in [-0.1, -0.05) is 298 Å². The fourth-order valence-electron chi connectivity index (χ4n) is 9.25. The molecular formula is C71H122O6. The van der Waals surface area contributed by atoms with E-state index in [0.29, 0.717) is 19.3 Å². The van der Waals surface area contributed by atoms with Crippen LogP contribution in [0.25, 0.3) is 0 Å². The fraction of sp³-hybridized carbons (Fsp3) is 0.732. The van der Waals surface area contributed by atoms with Crippen molar-refractivity contribution in [2.45, 2.75) is 322 Å². The summed E-state index contributed by atoms with van der Waals surface area (Å²) in [5.74, 6) is -0.873. The molecule has 0 fully saturated rings. The zero-order chi connectivity index (χ0) is 55.7. The molecule has 0 saturated carbocycles. The highest BCUT2D eigenvalue weighted by atomic mass is 16.6. The molecule has 0 aromatic heterocycles. The van der Waals surface area contributed by atoms with Crippen LogP contribution >= 0.6 is 0 Å². The molecule has 1 atom stereocenters. The van der Waals surface area contributed by atoms with Gasteiger partial charge >= 0.3 is 17.9 Å². The minimum absolute atomic E-state index is 0.0753. The van der Waals surface area contributed by atoms with Crippen LogP contribution in [0.2, 0.25) is 0 Å². The van der Waals surface area contributed by atoms with Gasteiger partial charge < -0.3 is 14.2 Å².